The number of hydrogen-bond donors (Lipinski definition) is 0. The molecule has 0 atom stereocenters. The Morgan fingerprint density at radius 2 is 0.857 bits per heavy atom. The second-order valence-corrected chi connectivity index (χ2v) is 9.73. The molecule has 1 heterocycles. The molecule has 0 aliphatic rings. The van der Waals surface area contributed by atoms with Gasteiger partial charge in [0.25, 0.3) is 0 Å². The predicted octanol–water partition coefficient (Wildman–Crippen LogP) is 10.5. The maximum absolute atomic E-state index is 2.30. The van der Waals surface area contributed by atoms with E-state index >= 15 is 0 Å². The first-order chi connectivity index (χ1) is 13.9. The maximum Gasteiger partial charge on any atom is -0.00613 e. The van der Waals surface area contributed by atoms with Gasteiger partial charge in [-0.25, -0.2) is 0 Å². The van der Waals surface area contributed by atoms with Crippen molar-refractivity contribution in [3.63, 3.8) is 0 Å². The second kappa shape index (κ2) is 21.4. The van der Waals surface area contributed by atoms with Gasteiger partial charge in [-0.15, -0.1) is 0 Å². The van der Waals surface area contributed by atoms with Crippen LogP contribution in [-0.2, 0) is 6.42 Å². The zero-order valence-electron chi connectivity index (χ0n) is 19.2. The number of rotatable bonds is 22. The molecule has 164 valence electrons. The van der Waals surface area contributed by atoms with Crippen LogP contribution in [0.5, 0.6) is 0 Å². The minimum atomic E-state index is 1.29. The summed E-state index contributed by atoms with van der Waals surface area (Å²) in [6, 6.07) is 2.28. The highest BCUT2D eigenvalue weighted by Crippen LogP contribution is 2.16. The van der Waals surface area contributed by atoms with Gasteiger partial charge in [-0.3, -0.25) is 0 Å². The SMILES string of the molecule is CCCCCCCCCCCCCCCCCCCCCCCc1ccsc1. The van der Waals surface area contributed by atoms with Crippen LogP contribution in [0.1, 0.15) is 147 Å². The van der Waals surface area contributed by atoms with Gasteiger partial charge < -0.3 is 0 Å². The van der Waals surface area contributed by atoms with Crippen LogP contribution in [-0.4, -0.2) is 0 Å². The van der Waals surface area contributed by atoms with Crippen LogP contribution in [0.15, 0.2) is 16.8 Å². The van der Waals surface area contributed by atoms with Crippen LogP contribution in [0.25, 0.3) is 0 Å². The van der Waals surface area contributed by atoms with Crippen molar-refractivity contribution in [1.29, 1.82) is 0 Å². The van der Waals surface area contributed by atoms with E-state index in [2.05, 4.69) is 23.8 Å². The zero-order valence-corrected chi connectivity index (χ0v) is 20.0. The number of hydrogen-bond acceptors (Lipinski definition) is 1. The van der Waals surface area contributed by atoms with Crippen LogP contribution in [0.2, 0.25) is 0 Å². The molecule has 0 unspecified atom stereocenters. The highest BCUT2D eigenvalue weighted by atomic mass is 32.1. The lowest BCUT2D eigenvalue weighted by Crippen LogP contribution is -1.85. The molecule has 0 aliphatic heterocycles. The van der Waals surface area contributed by atoms with Gasteiger partial charge in [0.2, 0.25) is 0 Å². The molecule has 0 amide bonds. The molecule has 0 N–H and O–H groups in total. The minimum absolute atomic E-state index is 1.29. The van der Waals surface area contributed by atoms with E-state index in [1.807, 2.05) is 11.3 Å². The zero-order chi connectivity index (χ0) is 20.0. The summed E-state index contributed by atoms with van der Waals surface area (Å²) < 4.78 is 0. The Morgan fingerprint density at radius 1 is 0.500 bits per heavy atom. The molecule has 0 saturated heterocycles. The lowest BCUT2D eigenvalue weighted by atomic mass is 10.0. The van der Waals surface area contributed by atoms with Gasteiger partial charge in [0, 0.05) is 0 Å². The first-order valence-electron chi connectivity index (χ1n) is 12.9. The summed E-state index contributed by atoms with van der Waals surface area (Å²) in [6.07, 6.45) is 32.0. The smallest absolute Gasteiger partial charge is 0.00613 e. The third kappa shape index (κ3) is 17.8. The van der Waals surface area contributed by atoms with Gasteiger partial charge in [0.1, 0.15) is 0 Å². The molecule has 28 heavy (non-hydrogen) atoms. The fourth-order valence-corrected chi connectivity index (χ4v) is 4.90. The van der Waals surface area contributed by atoms with E-state index < -0.39 is 0 Å². The molecule has 0 nitrogen and oxygen atoms in total. The van der Waals surface area contributed by atoms with Crippen molar-refractivity contribution < 1.29 is 0 Å². The van der Waals surface area contributed by atoms with Crippen LogP contribution < -0.4 is 0 Å². The molecule has 0 fully saturated rings. The Labute approximate surface area is 181 Å². The Bertz CT molecular complexity index is 381. The monoisotopic (exact) mass is 406 g/mol. The van der Waals surface area contributed by atoms with E-state index in [0.29, 0.717) is 0 Å². The highest BCUT2D eigenvalue weighted by Gasteiger charge is 1.96. The summed E-state index contributed by atoms with van der Waals surface area (Å²) in [7, 11) is 0. The Kier molecular flexibility index (Phi) is 19.7. The van der Waals surface area contributed by atoms with E-state index in [1.165, 1.54) is 141 Å². The van der Waals surface area contributed by atoms with E-state index in [1.54, 1.807) is 5.56 Å². The van der Waals surface area contributed by atoms with Gasteiger partial charge in [-0.2, -0.15) is 11.3 Å². The summed E-state index contributed by atoms with van der Waals surface area (Å²) >= 11 is 1.83. The van der Waals surface area contributed by atoms with Gasteiger partial charge >= 0.3 is 0 Å². The van der Waals surface area contributed by atoms with Crippen molar-refractivity contribution >= 4 is 11.3 Å². The molecule has 0 spiro atoms. The lowest BCUT2D eigenvalue weighted by Gasteiger charge is -2.04. The topological polar surface area (TPSA) is 0 Å². The number of unbranched alkanes of at least 4 members (excludes halogenated alkanes) is 20. The quantitative estimate of drug-likeness (QED) is 0.168. The molecule has 1 aromatic heterocycles. The number of thiophene rings is 1. The Balaban J connectivity index is 1.64. The van der Waals surface area contributed by atoms with Crippen molar-refractivity contribution in [1.82, 2.24) is 0 Å². The average Bonchev–Trinajstić information content (AvgIpc) is 3.22. The van der Waals surface area contributed by atoms with Gasteiger partial charge in [0.05, 0.1) is 0 Å². The maximum atomic E-state index is 2.30. The summed E-state index contributed by atoms with van der Waals surface area (Å²) in [5.41, 5.74) is 1.54. The third-order valence-electron chi connectivity index (χ3n) is 6.15. The molecule has 0 aromatic carbocycles. The summed E-state index contributed by atoms with van der Waals surface area (Å²) in [5, 5.41) is 4.50. The van der Waals surface area contributed by atoms with E-state index in [-0.39, 0.29) is 0 Å². The Morgan fingerprint density at radius 3 is 1.18 bits per heavy atom. The van der Waals surface area contributed by atoms with E-state index in [9.17, 15) is 0 Å². The van der Waals surface area contributed by atoms with Gasteiger partial charge in [-0.1, -0.05) is 135 Å². The number of aryl methyl sites for hydroxylation is 1. The molecule has 1 heteroatoms. The molecular formula is C27H50S. The summed E-state index contributed by atoms with van der Waals surface area (Å²) in [5.74, 6) is 0. The van der Waals surface area contributed by atoms with Crippen molar-refractivity contribution in [2.75, 3.05) is 0 Å². The summed E-state index contributed by atoms with van der Waals surface area (Å²) in [4.78, 5) is 0. The van der Waals surface area contributed by atoms with Crippen molar-refractivity contribution in [2.24, 2.45) is 0 Å². The average molecular weight is 407 g/mol. The summed E-state index contributed by atoms with van der Waals surface area (Å²) in [6.45, 7) is 2.30. The molecule has 0 bridgehead atoms. The van der Waals surface area contributed by atoms with Crippen LogP contribution in [0.3, 0.4) is 0 Å². The predicted molar refractivity (Wildman–Crippen MR) is 131 cm³/mol. The fraction of sp³-hybridized carbons (Fsp3) is 0.852. The second-order valence-electron chi connectivity index (χ2n) is 8.95. The standard InChI is InChI=1S/C27H50S/c1-2-3-4-5-6-7-8-9-10-11-12-13-14-15-16-17-18-19-20-21-22-23-27-24-25-28-26-27/h24-26H,2-23H2,1H3. The van der Waals surface area contributed by atoms with Crippen LogP contribution >= 0.6 is 11.3 Å². The fourth-order valence-electron chi connectivity index (χ4n) is 4.20. The molecule has 1 rings (SSSR count). The van der Waals surface area contributed by atoms with Crippen molar-refractivity contribution in [3.8, 4) is 0 Å². The molecule has 1 aromatic rings. The van der Waals surface area contributed by atoms with Crippen molar-refractivity contribution in [3.05, 3.63) is 22.4 Å². The first kappa shape index (κ1) is 25.7. The molecular weight excluding hydrogens is 356 g/mol. The van der Waals surface area contributed by atoms with Crippen molar-refractivity contribution in [2.45, 2.75) is 148 Å². The minimum Gasteiger partial charge on any atom is -0.152 e. The normalized spacial score (nSPS) is 11.3. The third-order valence-corrected chi connectivity index (χ3v) is 6.88. The molecule has 0 aliphatic carbocycles. The Hall–Kier alpha value is -0.300. The molecule has 0 saturated carbocycles. The molecule has 0 radical (unpaired) electrons. The van der Waals surface area contributed by atoms with Gasteiger partial charge in [-0.05, 0) is 35.2 Å². The van der Waals surface area contributed by atoms with E-state index in [4.69, 9.17) is 0 Å². The van der Waals surface area contributed by atoms with Crippen LogP contribution in [0.4, 0.5) is 0 Å². The first-order valence-corrected chi connectivity index (χ1v) is 13.9. The largest absolute Gasteiger partial charge is 0.152 e. The highest BCUT2D eigenvalue weighted by molar-refractivity contribution is 7.07. The van der Waals surface area contributed by atoms with E-state index in [0.717, 1.165) is 0 Å². The lowest BCUT2D eigenvalue weighted by molar-refractivity contribution is 0.520. The van der Waals surface area contributed by atoms with Gasteiger partial charge in [0.15, 0.2) is 0 Å². The van der Waals surface area contributed by atoms with Crippen LogP contribution in [0, 0.1) is 0 Å².